The molecule has 52 valence electrons. The number of hydrogen-bond donors (Lipinski definition) is 2. The predicted octanol–water partition coefficient (Wildman–Crippen LogP) is 1.30. The summed E-state index contributed by atoms with van der Waals surface area (Å²) in [7, 11) is 0. The molecule has 2 heterocycles. The normalized spacial score (nSPS) is 10.8. The van der Waals surface area contributed by atoms with Gasteiger partial charge in [0.25, 0.3) is 0 Å². The van der Waals surface area contributed by atoms with E-state index in [0.29, 0.717) is 10.4 Å². The molecule has 5 heteroatoms. The van der Waals surface area contributed by atoms with Crippen molar-refractivity contribution in [1.29, 1.82) is 0 Å². The van der Waals surface area contributed by atoms with Gasteiger partial charge in [-0.15, -0.1) is 0 Å². The monoisotopic (exact) mass is 157 g/mol. The SMILES string of the molecule is Oc1nc2sc(O)cc2o1. The van der Waals surface area contributed by atoms with Crippen molar-refractivity contribution in [3.05, 3.63) is 6.07 Å². The molecule has 0 radical (unpaired) electrons. The highest BCUT2D eigenvalue weighted by Crippen LogP contribution is 2.31. The first kappa shape index (κ1) is 5.55. The van der Waals surface area contributed by atoms with Crippen molar-refractivity contribution in [1.82, 2.24) is 4.98 Å². The van der Waals surface area contributed by atoms with Gasteiger partial charge in [0.05, 0.1) is 0 Å². The highest BCUT2D eigenvalue weighted by atomic mass is 32.1. The zero-order valence-corrected chi connectivity index (χ0v) is 5.55. The summed E-state index contributed by atoms with van der Waals surface area (Å²) in [6.07, 6.45) is -0.360. The molecule has 0 spiro atoms. The molecular weight excluding hydrogens is 154 g/mol. The first-order valence-electron chi connectivity index (χ1n) is 2.54. The molecule has 0 amide bonds. The van der Waals surface area contributed by atoms with Crippen LogP contribution in [-0.4, -0.2) is 15.2 Å². The molecule has 0 saturated carbocycles. The molecule has 0 bridgehead atoms. The van der Waals surface area contributed by atoms with Crippen LogP contribution in [0.25, 0.3) is 10.4 Å². The summed E-state index contributed by atoms with van der Waals surface area (Å²) in [5.41, 5.74) is 0.417. The third-order valence-electron chi connectivity index (χ3n) is 1.07. The Morgan fingerprint density at radius 2 is 2.30 bits per heavy atom. The number of hydrogen-bond acceptors (Lipinski definition) is 5. The first-order chi connectivity index (χ1) is 4.75. The number of fused-ring (bicyclic) bond motifs is 1. The van der Waals surface area contributed by atoms with Crippen LogP contribution in [-0.2, 0) is 0 Å². The molecule has 2 aromatic rings. The lowest BCUT2D eigenvalue weighted by Crippen LogP contribution is -1.55. The van der Waals surface area contributed by atoms with Gasteiger partial charge in [0.15, 0.2) is 15.5 Å². The third-order valence-corrected chi connectivity index (χ3v) is 1.88. The van der Waals surface area contributed by atoms with Crippen LogP contribution in [0.3, 0.4) is 0 Å². The highest BCUT2D eigenvalue weighted by molar-refractivity contribution is 7.20. The van der Waals surface area contributed by atoms with E-state index in [4.69, 9.17) is 10.2 Å². The maximum absolute atomic E-state index is 8.87. The summed E-state index contributed by atoms with van der Waals surface area (Å²) < 4.78 is 4.68. The molecule has 0 aliphatic rings. The van der Waals surface area contributed by atoms with Crippen molar-refractivity contribution in [3.8, 4) is 11.1 Å². The molecule has 0 fully saturated rings. The standard InChI is InChI=1S/C5H3NO3S/c7-3-1-2-4(10-3)6-5(8)9-2/h1,7H,(H,6,8). The highest BCUT2D eigenvalue weighted by Gasteiger charge is 2.07. The Balaban J connectivity index is 2.83. The molecule has 0 aliphatic heterocycles. The van der Waals surface area contributed by atoms with E-state index in [1.807, 2.05) is 0 Å². The van der Waals surface area contributed by atoms with Gasteiger partial charge in [0.1, 0.15) is 0 Å². The van der Waals surface area contributed by atoms with Crippen LogP contribution < -0.4 is 0 Å². The fourth-order valence-corrected chi connectivity index (χ4v) is 1.40. The van der Waals surface area contributed by atoms with Crippen molar-refractivity contribution in [2.45, 2.75) is 0 Å². The van der Waals surface area contributed by atoms with E-state index in [1.165, 1.54) is 6.07 Å². The van der Waals surface area contributed by atoms with E-state index >= 15 is 0 Å². The molecule has 0 unspecified atom stereocenters. The van der Waals surface area contributed by atoms with Gasteiger partial charge >= 0.3 is 6.08 Å². The number of aromatic nitrogens is 1. The van der Waals surface area contributed by atoms with Crippen molar-refractivity contribution < 1.29 is 14.6 Å². The van der Waals surface area contributed by atoms with E-state index in [9.17, 15) is 0 Å². The summed E-state index contributed by atoms with van der Waals surface area (Å²) in [6, 6.07) is 1.41. The Hall–Kier alpha value is -1.23. The van der Waals surface area contributed by atoms with Crippen molar-refractivity contribution in [2.24, 2.45) is 0 Å². The minimum Gasteiger partial charge on any atom is -0.499 e. The maximum atomic E-state index is 8.87. The van der Waals surface area contributed by atoms with Crippen LogP contribution in [0, 0.1) is 0 Å². The summed E-state index contributed by atoms with van der Waals surface area (Å²) in [5, 5.41) is 17.7. The lowest BCUT2D eigenvalue weighted by atomic mass is 10.6. The maximum Gasteiger partial charge on any atom is 0.392 e. The molecule has 0 aliphatic carbocycles. The average molecular weight is 157 g/mol. The van der Waals surface area contributed by atoms with Gasteiger partial charge in [-0.3, -0.25) is 0 Å². The smallest absolute Gasteiger partial charge is 0.392 e. The fraction of sp³-hybridized carbons (Fsp3) is 0. The number of oxazole rings is 1. The van der Waals surface area contributed by atoms with Crippen molar-refractivity contribution in [2.75, 3.05) is 0 Å². The second-order valence-electron chi connectivity index (χ2n) is 1.75. The number of aromatic hydroxyl groups is 2. The lowest BCUT2D eigenvalue weighted by molar-refractivity contribution is 0.328. The van der Waals surface area contributed by atoms with Gasteiger partial charge in [-0.2, -0.15) is 4.98 Å². The lowest BCUT2D eigenvalue weighted by Gasteiger charge is -1.74. The van der Waals surface area contributed by atoms with Gasteiger partial charge in [-0.05, 0) is 0 Å². The zero-order valence-electron chi connectivity index (χ0n) is 4.74. The average Bonchev–Trinajstić information content (AvgIpc) is 2.21. The van der Waals surface area contributed by atoms with Crippen LogP contribution >= 0.6 is 11.3 Å². The Kier molecular flexibility index (Phi) is 0.906. The summed E-state index contributed by atoms with van der Waals surface area (Å²) in [4.78, 5) is 4.09. The Bertz CT molecular complexity index is 301. The van der Waals surface area contributed by atoms with Crippen LogP contribution in [0.5, 0.6) is 11.1 Å². The van der Waals surface area contributed by atoms with E-state index in [-0.39, 0.29) is 11.1 Å². The predicted molar refractivity (Wildman–Crippen MR) is 35.2 cm³/mol. The molecule has 0 saturated heterocycles. The first-order valence-corrected chi connectivity index (χ1v) is 3.35. The van der Waals surface area contributed by atoms with E-state index in [1.54, 1.807) is 0 Å². The largest absolute Gasteiger partial charge is 0.499 e. The third kappa shape index (κ3) is 0.640. The Labute approximate surface area is 59.4 Å². The fourth-order valence-electron chi connectivity index (χ4n) is 0.712. The Morgan fingerprint density at radius 1 is 1.50 bits per heavy atom. The molecule has 2 N–H and O–H groups in total. The van der Waals surface area contributed by atoms with Gasteiger partial charge in [0.2, 0.25) is 0 Å². The van der Waals surface area contributed by atoms with Crippen molar-refractivity contribution in [3.63, 3.8) is 0 Å². The van der Waals surface area contributed by atoms with Crippen LogP contribution in [0.2, 0.25) is 0 Å². The number of thiophene rings is 1. The van der Waals surface area contributed by atoms with Crippen molar-refractivity contribution >= 4 is 21.8 Å². The molecule has 4 nitrogen and oxygen atoms in total. The minimum absolute atomic E-state index is 0.140. The number of nitrogens with zero attached hydrogens (tertiary/aromatic N) is 1. The second-order valence-corrected chi connectivity index (χ2v) is 2.76. The topological polar surface area (TPSA) is 66.5 Å². The summed E-state index contributed by atoms with van der Waals surface area (Å²) in [5.74, 6) is 0. The van der Waals surface area contributed by atoms with Gasteiger partial charge in [0, 0.05) is 6.07 Å². The van der Waals surface area contributed by atoms with Gasteiger partial charge in [-0.25, -0.2) is 0 Å². The molecule has 10 heavy (non-hydrogen) atoms. The van der Waals surface area contributed by atoms with E-state index in [0.717, 1.165) is 11.3 Å². The molecule has 2 aromatic heterocycles. The van der Waals surface area contributed by atoms with Crippen LogP contribution in [0.4, 0.5) is 0 Å². The number of rotatable bonds is 0. The second kappa shape index (κ2) is 1.63. The van der Waals surface area contributed by atoms with Crippen LogP contribution in [0.1, 0.15) is 0 Å². The zero-order chi connectivity index (χ0) is 7.14. The minimum atomic E-state index is -0.360. The van der Waals surface area contributed by atoms with Crippen LogP contribution in [0.15, 0.2) is 10.5 Å². The van der Waals surface area contributed by atoms with E-state index < -0.39 is 0 Å². The molecule has 0 aromatic carbocycles. The summed E-state index contributed by atoms with van der Waals surface area (Å²) >= 11 is 1.06. The molecule has 0 atom stereocenters. The Morgan fingerprint density at radius 3 is 3.00 bits per heavy atom. The molecule has 2 rings (SSSR count). The summed E-state index contributed by atoms with van der Waals surface area (Å²) in [6.45, 7) is 0. The van der Waals surface area contributed by atoms with E-state index in [2.05, 4.69) is 9.40 Å². The quantitative estimate of drug-likeness (QED) is 0.604. The molecular formula is C5H3NO3S. The van der Waals surface area contributed by atoms with Gasteiger partial charge < -0.3 is 14.6 Å². The van der Waals surface area contributed by atoms with Gasteiger partial charge in [-0.1, -0.05) is 11.3 Å².